The molecule has 0 aliphatic carbocycles. The lowest BCUT2D eigenvalue weighted by atomic mass is 10.0. The minimum atomic E-state index is -1.66. The molecule has 0 spiro atoms. The van der Waals surface area contributed by atoms with Crippen LogP contribution in [0.2, 0.25) is 0 Å². The number of thioether (sulfide) groups is 2. The van der Waals surface area contributed by atoms with Crippen molar-refractivity contribution in [3.8, 4) is 0 Å². The van der Waals surface area contributed by atoms with Gasteiger partial charge in [0.2, 0.25) is 53.2 Å². The van der Waals surface area contributed by atoms with Gasteiger partial charge in [0, 0.05) is 103 Å². The number of carbonyl (C=O) groups excluding carboxylic acids is 14. The van der Waals surface area contributed by atoms with Crippen LogP contribution in [0.15, 0.2) is 120 Å². The first-order chi connectivity index (χ1) is 61.1. The maximum absolute atomic E-state index is 15.4. The summed E-state index contributed by atoms with van der Waals surface area (Å²) in [4.78, 5) is 214. The number of ether oxygens (including phenoxy) is 3. The van der Waals surface area contributed by atoms with E-state index >= 15 is 14.4 Å². The number of para-hydroxylation sites is 1. The number of aromatic nitrogens is 1. The van der Waals surface area contributed by atoms with Gasteiger partial charge in [-0.3, -0.25) is 57.6 Å². The van der Waals surface area contributed by atoms with Gasteiger partial charge in [0.05, 0.1) is 12.4 Å². The number of azide groups is 2. The van der Waals surface area contributed by atoms with Crippen molar-refractivity contribution in [3.05, 3.63) is 152 Å². The number of amides is 12. The number of carbonyl (C=O) groups is 14. The standard InChI is InChI=1S/C85H114N20O17S6/c1-52(73(109)93-62(25-15-17-37-89-78(114)69-50-123-51-105(69)83(119)121-46-54-31-35-58(36-32-54)99-101-88)76(112)95-64(79(115)103-39-19-27-67(103)72(86)108)42-71(107)124-47-55-21-11-10-12-22-55)122-81(117)68-28-20-40-104(68)80(116)66(49-126-128-85(5,6)7)96-77(113)63(41-56-43-90-60-24-14-13-23-59(56)60)94-75(111)61(26-16-18-38-102(8)9)92-70(106)44-91-74(110)65(48-125-127-84(2,3)4)97-82(118)120-45-53-29-33-57(34-30-53)98-100-87/h10-14,21-24,29-36,43,52,61-69,90H,15-20,25-28,37-42,44-51H2,1-9H3,(H2,86,108)(H,89,114)(H,91,110)(H,92,106)(H,93,109)(H,94,111)(H,95,112)(H,96,113)(H,97,118)/t52-,61-,62-,63-,64-,65-,66-,67-,68-,69-/m0/s1. The Morgan fingerprint density at radius 3 is 1.76 bits per heavy atom. The Labute approximate surface area is 767 Å². The van der Waals surface area contributed by atoms with Crippen LogP contribution in [-0.4, -0.2) is 247 Å². The summed E-state index contributed by atoms with van der Waals surface area (Å²) in [5, 5.41) is 29.3. The number of aromatic amines is 1. The average Bonchev–Trinajstić information content (AvgIpc) is 1.67. The number of hydrogen-bond acceptors (Lipinski definition) is 26. The van der Waals surface area contributed by atoms with Crippen molar-refractivity contribution in [1.29, 1.82) is 0 Å². The lowest BCUT2D eigenvalue weighted by Gasteiger charge is -2.31. The second kappa shape index (κ2) is 51.6. The van der Waals surface area contributed by atoms with E-state index in [0.29, 0.717) is 53.9 Å². The summed E-state index contributed by atoms with van der Waals surface area (Å²) in [5.41, 5.74) is 27.4. The highest BCUT2D eigenvalue weighted by Gasteiger charge is 2.44. The summed E-state index contributed by atoms with van der Waals surface area (Å²) in [5.74, 6) is -8.09. The molecule has 8 rings (SSSR count). The number of fused-ring (bicyclic) bond motifs is 1. The van der Waals surface area contributed by atoms with Gasteiger partial charge in [-0.15, -0.1) is 11.8 Å². The number of alkyl carbamates (subject to hydrolysis) is 1. The first-order valence-corrected chi connectivity index (χ1v) is 48.7. The quantitative estimate of drug-likeness (QED) is 0.00329. The van der Waals surface area contributed by atoms with Crippen LogP contribution in [0.25, 0.3) is 31.8 Å². The molecule has 0 radical (unpaired) electrons. The topological polar surface area (TPSA) is 515 Å². The number of rotatable bonds is 47. The zero-order valence-corrected chi connectivity index (χ0v) is 78.0. The third-order valence-corrected chi connectivity index (χ3v) is 28.9. The number of hydrogen-bond donors (Lipinski definition) is 10. The molecular weight excluding hydrogens is 1770 g/mol. The molecule has 3 fully saturated rings. The van der Waals surface area contributed by atoms with Gasteiger partial charge in [0.1, 0.15) is 67.6 Å². The van der Waals surface area contributed by atoms with E-state index in [9.17, 15) is 52.7 Å². The number of esters is 1. The number of likely N-dealkylation sites (tertiary alicyclic amines) is 2. The molecule has 11 N–H and O–H groups in total. The molecule has 12 amide bonds. The normalized spacial score (nSPS) is 16.6. The van der Waals surface area contributed by atoms with E-state index in [1.807, 2.05) is 103 Å². The van der Waals surface area contributed by atoms with Gasteiger partial charge in [-0.1, -0.05) is 204 Å². The van der Waals surface area contributed by atoms with Crippen LogP contribution < -0.4 is 48.3 Å². The molecule has 3 aliphatic heterocycles. The van der Waals surface area contributed by atoms with Crippen molar-refractivity contribution in [2.45, 2.75) is 214 Å². The van der Waals surface area contributed by atoms with E-state index < -0.39 is 156 Å². The van der Waals surface area contributed by atoms with Crippen LogP contribution in [0.3, 0.4) is 0 Å². The van der Waals surface area contributed by atoms with Crippen LogP contribution >= 0.6 is 66.7 Å². The smallest absolute Gasteiger partial charge is 0.411 e. The molecule has 1 aromatic heterocycles. The molecule has 4 aromatic carbocycles. The Hall–Kier alpha value is -10.5. The van der Waals surface area contributed by atoms with Gasteiger partial charge in [-0.25, -0.2) is 14.4 Å². The average molecular weight is 1880 g/mol. The first kappa shape index (κ1) is 103. The molecule has 43 heteroatoms. The Morgan fingerprint density at radius 1 is 0.594 bits per heavy atom. The van der Waals surface area contributed by atoms with E-state index in [4.69, 9.17) is 31.0 Å². The second-order valence-electron chi connectivity index (χ2n) is 32.9. The molecule has 4 heterocycles. The fourth-order valence-corrected chi connectivity index (χ4v) is 20.6. The summed E-state index contributed by atoms with van der Waals surface area (Å²) >= 11 is 2.25. The molecule has 128 heavy (non-hydrogen) atoms. The van der Waals surface area contributed by atoms with Crippen LogP contribution in [0.1, 0.15) is 141 Å². The molecule has 0 saturated carbocycles. The Balaban J connectivity index is 0.978. The molecule has 692 valence electrons. The van der Waals surface area contributed by atoms with Crippen LogP contribution in [0.5, 0.6) is 0 Å². The highest BCUT2D eigenvalue weighted by Crippen LogP contribution is 2.37. The highest BCUT2D eigenvalue weighted by molar-refractivity contribution is 8.77. The summed E-state index contributed by atoms with van der Waals surface area (Å²) in [6.45, 7) is 12.9. The predicted octanol–water partition coefficient (Wildman–Crippen LogP) is 9.77. The van der Waals surface area contributed by atoms with E-state index in [-0.39, 0.29) is 123 Å². The summed E-state index contributed by atoms with van der Waals surface area (Å²) in [6.07, 6.45) is -0.0754. The van der Waals surface area contributed by atoms with Crippen molar-refractivity contribution in [2.75, 3.05) is 70.0 Å². The third kappa shape index (κ3) is 34.2. The van der Waals surface area contributed by atoms with Crippen molar-refractivity contribution >= 4 is 171 Å². The number of benzene rings is 4. The minimum Gasteiger partial charge on any atom is -0.451 e. The first-order valence-electron chi connectivity index (χ1n) is 42.0. The Morgan fingerprint density at radius 2 is 1.14 bits per heavy atom. The minimum absolute atomic E-state index is 0.00152. The molecular formula is C85H114N20O17S6. The van der Waals surface area contributed by atoms with Gasteiger partial charge >= 0.3 is 18.2 Å². The maximum atomic E-state index is 15.4. The van der Waals surface area contributed by atoms with E-state index in [2.05, 4.69) is 67.6 Å². The maximum Gasteiger partial charge on any atom is 0.411 e. The van der Waals surface area contributed by atoms with Gasteiger partial charge in [0.15, 0.2) is 11.2 Å². The van der Waals surface area contributed by atoms with Crippen molar-refractivity contribution in [3.63, 3.8) is 0 Å². The van der Waals surface area contributed by atoms with E-state index in [0.717, 1.165) is 28.2 Å². The Bertz CT molecular complexity index is 4760. The van der Waals surface area contributed by atoms with Crippen LogP contribution in [0, 0.1) is 0 Å². The summed E-state index contributed by atoms with van der Waals surface area (Å²) < 4.78 is 16.3. The largest absolute Gasteiger partial charge is 0.451 e. The number of unbranched alkanes of at least 4 members (excludes halogenated alkanes) is 2. The summed E-state index contributed by atoms with van der Waals surface area (Å²) in [7, 11) is 9.25. The molecule has 0 bridgehead atoms. The van der Waals surface area contributed by atoms with Crippen molar-refractivity contribution < 1.29 is 81.3 Å². The van der Waals surface area contributed by atoms with Gasteiger partial charge in [0.25, 0.3) is 5.91 Å². The monoisotopic (exact) mass is 1880 g/mol. The van der Waals surface area contributed by atoms with Crippen molar-refractivity contribution in [2.24, 2.45) is 16.0 Å². The lowest BCUT2D eigenvalue weighted by molar-refractivity contribution is -0.162. The molecule has 0 unspecified atom stereocenters. The third-order valence-electron chi connectivity index (χ3n) is 20.2. The zero-order valence-electron chi connectivity index (χ0n) is 73.1. The Kier molecular flexibility index (Phi) is 41.5. The molecule has 5 aromatic rings. The van der Waals surface area contributed by atoms with Gasteiger partial charge in [-0.2, -0.15) is 0 Å². The number of H-pyrrole nitrogens is 1. The van der Waals surface area contributed by atoms with Crippen LogP contribution in [-0.2, 0) is 97.1 Å². The molecule has 3 saturated heterocycles. The fourth-order valence-electron chi connectivity index (χ4n) is 13.7. The summed E-state index contributed by atoms with van der Waals surface area (Å²) in [6, 6.07) is 17.4. The van der Waals surface area contributed by atoms with E-state index in [1.54, 1.807) is 66.9 Å². The number of primary amides is 1. The molecule has 10 atom stereocenters. The van der Waals surface area contributed by atoms with Crippen molar-refractivity contribution in [1.82, 2.24) is 67.1 Å². The number of nitrogens with zero attached hydrogens (tertiary/aromatic N) is 10. The zero-order chi connectivity index (χ0) is 93.0. The second-order valence-corrected chi connectivity index (χ2v) is 41.3. The SMILES string of the molecule is C[C@H](OC(=O)[C@@H]1CCCN1C(=O)[C@H](CSSC(C)(C)C)NC(=O)[C@H](Cc1c[nH]c2ccccc12)NC(=O)[C@H](CCCCN(C)C)NC(=O)CNC(=O)[C@H](CSSC(C)(C)C)NC(=O)OCc1ccc(N=[N+]=[N-])cc1)C(=O)N[C@@H](CCCCNC(=O)[C@@H]1CSCN1C(=O)OCc1ccc(N=[N+]=[N-])cc1)C(=O)N[C@@H](CC(=O)SCc1ccccc1)C(=O)N1CCC[C@H]1C(N)=O. The van der Waals surface area contributed by atoms with Gasteiger partial charge < -0.3 is 82.2 Å². The van der Waals surface area contributed by atoms with Gasteiger partial charge in [-0.05, 0) is 131 Å². The lowest BCUT2D eigenvalue weighted by Crippen LogP contribution is -2.59. The number of nitrogens with two attached hydrogens (primary N) is 1. The fraction of sp³-hybridized carbons (Fsp3) is 0.529. The molecule has 3 aliphatic rings. The number of nitrogens with one attached hydrogen (secondary N) is 9. The highest BCUT2D eigenvalue weighted by atomic mass is 33.1. The van der Waals surface area contributed by atoms with Crippen LogP contribution in [0.4, 0.5) is 21.0 Å². The predicted molar refractivity (Wildman–Crippen MR) is 496 cm³/mol. The van der Waals surface area contributed by atoms with E-state index in [1.165, 1.54) is 76.6 Å². The molecule has 37 nitrogen and oxygen atoms in total.